The number of nitrogens with two attached hydrogens (primary N) is 1. The van der Waals surface area contributed by atoms with Gasteiger partial charge in [0.05, 0.1) is 0 Å². The van der Waals surface area contributed by atoms with Crippen LogP contribution in [0.2, 0.25) is 0 Å². The van der Waals surface area contributed by atoms with Crippen LogP contribution >= 0.6 is 11.8 Å². The molecule has 1 aliphatic rings. The zero-order valence-corrected chi connectivity index (χ0v) is 11.2. The van der Waals surface area contributed by atoms with Gasteiger partial charge in [-0.1, -0.05) is 41.6 Å². The molecule has 0 saturated carbocycles. The molecule has 1 rings (SSSR count). The Kier molecular flexibility index (Phi) is 5.10. The fourth-order valence-electron chi connectivity index (χ4n) is 1.82. The second-order valence-corrected chi connectivity index (χ2v) is 5.31. The van der Waals surface area contributed by atoms with E-state index in [2.05, 4.69) is 32.6 Å². The summed E-state index contributed by atoms with van der Waals surface area (Å²) in [4.78, 5) is 1.36. The Labute approximate surface area is 103 Å². The van der Waals surface area contributed by atoms with Crippen molar-refractivity contribution in [2.45, 2.75) is 39.7 Å². The van der Waals surface area contributed by atoms with Crippen LogP contribution in [0.1, 0.15) is 33.6 Å². The lowest BCUT2D eigenvalue weighted by Crippen LogP contribution is -2.19. The molecule has 0 aromatic rings. The smallest absolute Gasteiger partial charge is 0.0228 e. The van der Waals surface area contributed by atoms with Crippen molar-refractivity contribution in [1.29, 1.82) is 0 Å². The number of rotatable bonds is 4. The molecule has 0 amide bonds. The Balaban J connectivity index is 2.91. The average Bonchev–Trinajstić information content (AvgIpc) is 2.25. The lowest BCUT2D eigenvalue weighted by Gasteiger charge is -2.19. The van der Waals surface area contributed by atoms with E-state index in [1.165, 1.54) is 21.6 Å². The van der Waals surface area contributed by atoms with Crippen molar-refractivity contribution in [3.8, 4) is 0 Å². The fraction of sp³-hybridized carbons (Fsp3) is 0.429. The first-order chi connectivity index (χ1) is 7.56. The highest BCUT2D eigenvalue weighted by atomic mass is 32.2. The van der Waals surface area contributed by atoms with Crippen molar-refractivity contribution in [1.82, 2.24) is 0 Å². The summed E-state index contributed by atoms with van der Waals surface area (Å²) >= 11 is 1.72. The van der Waals surface area contributed by atoms with E-state index >= 15 is 0 Å². The van der Waals surface area contributed by atoms with Crippen LogP contribution in [0, 0.1) is 0 Å². The Hall–Kier alpha value is -0.730. The van der Waals surface area contributed by atoms with E-state index < -0.39 is 0 Å². The standard InChI is InChI=1S/C14H21NS/c1-5-16-14(10(2)3)13-8-6-12(7-9-13)11(4)15/h5-6,8,11H,1,7,9,15H2,2-4H3. The van der Waals surface area contributed by atoms with Gasteiger partial charge in [-0.15, -0.1) is 0 Å². The van der Waals surface area contributed by atoms with Crippen molar-refractivity contribution in [3.63, 3.8) is 0 Å². The summed E-state index contributed by atoms with van der Waals surface area (Å²) in [6, 6.07) is 0.181. The molecule has 2 N–H and O–H groups in total. The molecule has 0 heterocycles. The molecule has 0 fully saturated rings. The highest BCUT2D eigenvalue weighted by molar-refractivity contribution is 8.06. The Morgan fingerprint density at radius 2 is 2.12 bits per heavy atom. The predicted octanol–water partition coefficient (Wildman–Crippen LogP) is 4.15. The van der Waals surface area contributed by atoms with Gasteiger partial charge in [0, 0.05) is 10.9 Å². The van der Waals surface area contributed by atoms with E-state index in [1.807, 2.05) is 12.3 Å². The number of hydrogen-bond acceptors (Lipinski definition) is 2. The molecule has 0 aliphatic heterocycles. The quantitative estimate of drug-likeness (QED) is 0.792. The third-order valence-electron chi connectivity index (χ3n) is 2.71. The normalized spacial score (nSPS) is 17.2. The van der Waals surface area contributed by atoms with Crippen LogP contribution in [0.4, 0.5) is 0 Å². The van der Waals surface area contributed by atoms with Crippen LogP contribution < -0.4 is 5.73 Å². The zero-order chi connectivity index (χ0) is 12.1. The van der Waals surface area contributed by atoms with Crippen molar-refractivity contribution in [3.05, 3.63) is 45.8 Å². The molecular weight excluding hydrogens is 214 g/mol. The van der Waals surface area contributed by atoms with E-state index in [0.29, 0.717) is 0 Å². The van der Waals surface area contributed by atoms with Gasteiger partial charge in [-0.25, -0.2) is 0 Å². The van der Waals surface area contributed by atoms with Gasteiger partial charge in [-0.2, -0.15) is 0 Å². The second-order valence-electron chi connectivity index (χ2n) is 4.34. The molecule has 2 heteroatoms. The van der Waals surface area contributed by atoms with Gasteiger partial charge in [-0.05, 0) is 44.6 Å². The summed E-state index contributed by atoms with van der Waals surface area (Å²) in [5, 5.41) is 1.90. The monoisotopic (exact) mass is 235 g/mol. The molecule has 0 radical (unpaired) electrons. The first-order valence-electron chi connectivity index (χ1n) is 5.67. The molecule has 1 nitrogen and oxygen atoms in total. The summed E-state index contributed by atoms with van der Waals surface area (Å²) in [6.07, 6.45) is 6.56. The van der Waals surface area contributed by atoms with Crippen LogP contribution in [0.3, 0.4) is 0 Å². The molecule has 1 atom stereocenters. The summed E-state index contributed by atoms with van der Waals surface area (Å²) in [6.45, 7) is 10.1. The minimum absolute atomic E-state index is 0.181. The van der Waals surface area contributed by atoms with Crippen molar-refractivity contribution >= 4 is 11.8 Å². The Bertz CT molecular complexity index is 355. The second kappa shape index (κ2) is 6.12. The van der Waals surface area contributed by atoms with Crippen molar-refractivity contribution in [2.24, 2.45) is 5.73 Å². The van der Waals surface area contributed by atoms with Gasteiger partial charge >= 0.3 is 0 Å². The fourth-order valence-corrected chi connectivity index (χ4v) is 2.54. The minimum atomic E-state index is 0.181. The lowest BCUT2D eigenvalue weighted by atomic mass is 9.93. The first-order valence-corrected chi connectivity index (χ1v) is 6.54. The Morgan fingerprint density at radius 3 is 2.50 bits per heavy atom. The maximum atomic E-state index is 5.88. The molecule has 0 aromatic heterocycles. The third-order valence-corrected chi connectivity index (χ3v) is 3.79. The minimum Gasteiger partial charge on any atom is -0.324 e. The van der Waals surface area contributed by atoms with Crippen LogP contribution in [0.25, 0.3) is 0 Å². The van der Waals surface area contributed by atoms with E-state index in [1.54, 1.807) is 11.8 Å². The van der Waals surface area contributed by atoms with Crippen molar-refractivity contribution in [2.75, 3.05) is 0 Å². The maximum absolute atomic E-state index is 5.88. The maximum Gasteiger partial charge on any atom is 0.0228 e. The SMILES string of the molecule is C=CSC(C1=CC=C(C(C)N)CC1)=C(C)C. The first kappa shape index (κ1) is 13.3. The van der Waals surface area contributed by atoms with E-state index in [0.717, 1.165) is 12.8 Å². The van der Waals surface area contributed by atoms with Gasteiger partial charge in [0.15, 0.2) is 0 Å². The Morgan fingerprint density at radius 1 is 1.44 bits per heavy atom. The summed E-state index contributed by atoms with van der Waals surface area (Å²) in [5.74, 6) is 0. The predicted molar refractivity (Wildman–Crippen MR) is 75.2 cm³/mol. The lowest BCUT2D eigenvalue weighted by molar-refractivity contribution is 0.771. The molecule has 0 aromatic carbocycles. The number of thioether (sulfide) groups is 1. The van der Waals surface area contributed by atoms with E-state index in [-0.39, 0.29) is 6.04 Å². The summed E-state index contributed by atoms with van der Waals surface area (Å²) < 4.78 is 0. The van der Waals surface area contributed by atoms with E-state index in [9.17, 15) is 0 Å². The largest absolute Gasteiger partial charge is 0.324 e. The van der Waals surface area contributed by atoms with Crippen LogP contribution in [-0.4, -0.2) is 6.04 Å². The summed E-state index contributed by atoms with van der Waals surface area (Å²) in [5.41, 5.74) is 9.99. The molecule has 0 bridgehead atoms. The number of allylic oxidation sites excluding steroid dienone is 4. The molecule has 1 aliphatic carbocycles. The van der Waals surface area contributed by atoms with Gasteiger partial charge in [-0.3, -0.25) is 0 Å². The average molecular weight is 235 g/mol. The zero-order valence-electron chi connectivity index (χ0n) is 10.4. The number of hydrogen-bond donors (Lipinski definition) is 1. The van der Waals surface area contributed by atoms with Crippen LogP contribution in [-0.2, 0) is 0 Å². The topological polar surface area (TPSA) is 26.0 Å². The molecular formula is C14H21NS. The highest BCUT2D eigenvalue weighted by Gasteiger charge is 2.13. The molecule has 0 saturated heterocycles. The molecule has 1 unspecified atom stereocenters. The highest BCUT2D eigenvalue weighted by Crippen LogP contribution is 2.34. The third kappa shape index (κ3) is 3.39. The van der Waals surface area contributed by atoms with Gasteiger partial charge in [0.1, 0.15) is 0 Å². The van der Waals surface area contributed by atoms with E-state index in [4.69, 9.17) is 5.73 Å². The molecule has 16 heavy (non-hydrogen) atoms. The van der Waals surface area contributed by atoms with Gasteiger partial charge in [0.2, 0.25) is 0 Å². The van der Waals surface area contributed by atoms with Gasteiger partial charge < -0.3 is 5.73 Å². The van der Waals surface area contributed by atoms with Gasteiger partial charge in [0.25, 0.3) is 0 Å². The van der Waals surface area contributed by atoms with Crippen LogP contribution in [0.15, 0.2) is 45.8 Å². The van der Waals surface area contributed by atoms with Crippen molar-refractivity contribution < 1.29 is 0 Å². The van der Waals surface area contributed by atoms with Crippen LogP contribution in [0.5, 0.6) is 0 Å². The molecule has 0 spiro atoms. The summed E-state index contributed by atoms with van der Waals surface area (Å²) in [7, 11) is 0. The molecule has 88 valence electrons.